The van der Waals surface area contributed by atoms with Crippen LogP contribution in [0.1, 0.15) is 35.3 Å². The normalized spacial score (nSPS) is 12.1. The van der Waals surface area contributed by atoms with Crippen molar-refractivity contribution in [2.45, 2.75) is 25.5 Å². The van der Waals surface area contributed by atoms with Crippen LogP contribution >= 0.6 is 0 Å². The van der Waals surface area contributed by atoms with Crippen molar-refractivity contribution >= 4 is 29.2 Å². The largest absolute Gasteiger partial charge is 0.452 e. The highest BCUT2D eigenvalue weighted by Crippen LogP contribution is 2.20. The lowest BCUT2D eigenvalue weighted by Crippen LogP contribution is -2.33. The SMILES string of the molecule is CC(OC(=O)CC(NC(=O)c1ccccc1)c1ccccc1)C(=O)Nc1cccc([N+](=O)[O-])c1. The van der Waals surface area contributed by atoms with Crippen molar-refractivity contribution in [1.29, 1.82) is 0 Å². The fourth-order valence-corrected chi connectivity index (χ4v) is 3.18. The third-order valence-corrected chi connectivity index (χ3v) is 4.92. The number of hydrogen-bond donors (Lipinski definition) is 2. The molecule has 2 atom stereocenters. The number of nitro benzene ring substituents is 1. The van der Waals surface area contributed by atoms with Gasteiger partial charge in [-0.25, -0.2) is 0 Å². The number of nitrogens with zero attached hydrogens (tertiary/aromatic N) is 1. The molecule has 2 N–H and O–H groups in total. The zero-order chi connectivity index (χ0) is 24.5. The van der Waals surface area contributed by atoms with Crippen LogP contribution < -0.4 is 10.6 Å². The van der Waals surface area contributed by atoms with Gasteiger partial charge >= 0.3 is 5.97 Å². The van der Waals surface area contributed by atoms with Crippen LogP contribution in [0.4, 0.5) is 11.4 Å². The second kappa shape index (κ2) is 11.4. The Bertz CT molecular complexity index is 1170. The van der Waals surface area contributed by atoms with Gasteiger partial charge in [0.15, 0.2) is 6.10 Å². The lowest BCUT2D eigenvalue weighted by molar-refractivity contribution is -0.384. The number of esters is 1. The molecule has 0 bridgehead atoms. The highest BCUT2D eigenvalue weighted by molar-refractivity contribution is 5.96. The van der Waals surface area contributed by atoms with Crippen molar-refractivity contribution in [2.24, 2.45) is 0 Å². The predicted octanol–water partition coefficient (Wildman–Crippen LogP) is 4.03. The quantitative estimate of drug-likeness (QED) is 0.281. The Morgan fingerprint density at radius 2 is 1.59 bits per heavy atom. The number of carbonyl (C=O) groups excluding carboxylic acids is 3. The number of benzene rings is 3. The number of nitrogens with one attached hydrogen (secondary N) is 2. The number of anilines is 1. The molecule has 174 valence electrons. The Morgan fingerprint density at radius 3 is 2.24 bits per heavy atom. The van der Waals surface area contributed by atoms with Crippen molar-refractivity contribution in [1.82, 2.24) is 5.32 Å². The average molecular weight is 461 g/mol. The molecule has 0 fully saturated rings. The van der Waals surface area contributed by atoms with Crippen molar-refractivity contribution in [3.05, 3.63) is 106 Å². The first-order chi connectivity index (χ1) is 16.3. The summed E-state index contributed by atoms with van der Waals surface area (Å²) >= 11 is 0. The Kier molecular flexibility index (Phi) is 8.07. The maximum Gasteiger partial charge on any atom is 0.309 e. The van der Waals surface area contributed by atoms with E-state index in [1.165, 1.54) is 31.2 Å². The summed E-state index contributed by atoms with van der Waals surface area (Å²) in [5.41, 5.74) is 1.18. The lowest BCUT2D eigenvalue weighted by atomic mass is 10.0. The molecule has 3 aromatic carbocycles. The van der Waals surface area contributed by atoms with Gasteiger partial charge in [0.25, 0.3) is 17.5 Å². The number of hydrogen-bond acceptors (Lipinski definition) is 6. The molecule has 0 radical (unpaired) electrons. The number of ether oxygens (including phenoxy) is 1. The third kappa shape index (κ3) is 6.73. The summed E-state index contributed by atoms with van der Waals surface area (Å²) < 4.78 is 5.27. The van der Waals surface area contributed by atoms with Gasteiger partial charge in [0.1, 0.15) is 0 Å². The first-order valence-electron chi connectivity index (χ1n) is 10.5. The van der Waals surface area contributed by atoms with Crippen molar-refractivity contribution in [3.63, 3.8) is 0 Å². The van der Waals surface area contributed by atoms with Crippen LogP contribution in [-0.4, -0.2) is 28.8 Å². The summed E-state index contributed by atoms with van der Waals surface area (Å²) in [6.07, 6.45) is -1.36. The molecule has 0 saturated heterocycles. The van der Waals surface area contributed by atoms with E-state index in [2.05, 4.69) is 10.6 Å². The smallest absolute Gasteiger partial charge is 0.309 e. The molecule has 9 nitrogen and oxygen atoms in total. The van der Waals surface area contributed by atoms with Crippen LogP contribution in [0.25, 0.3) is 0 Å². The van der Waals surface area contributed by atoms with Crippen molar-refractivity contribution < 1.29 is 24.0 Å². The van der Waals surface area contributed by atoms with Crippen LogP contribution in [-0.2, 0) is 14.3 Å². The molecule has 3 rings (SSSR count). The van der Waals surface area contributed by atoms with Gasteiger partial charge in [0.05, 0.1) is 17.4 Å². The summed E-state index contributed by atoms with van der Waals surface area (Å²) in [7, 11) is 0. The van der Waals surface area contributed by atoms with Gasteiger partial charge < -0.3 is 15.4 Å². The Labute approximate surface area is 195 Å². The summed E-state index contributed by atoms with van der Waals surface area (Å²) in [5.74, 6) is -1.68. The van der Waals surface area contributed by atoms with Gasteiger partial charge in [-0.05, 0) is 30.7 Å². The molecule has 0 aromatic heterocycles. The minimum absolute atomic E-state index is 0.178. The van der Waals surface area contributed by atoms with Gasteiger partial charge in [-0.2, -0.15) is 0 Å². The van der Waals surface area contributed by atoms with Gasteiger partial charge in [-0.3, -0.25) is 24.5 Å². The third-order valence-electron chi connectivity index (χ3n) is 4.92. The molecule has 3 aromatic rings. The van der Waals surface area contributed by atoms with Crippen LogP contribution in [0, 0.1) is 10.1 Å². The zero-order valence-electron chi connectivity index (χ0n) is 18.3. The van der Waals surface area contributed by atoms with E-state index in [-0.39, 0.29) is 23.7 Å². The van der Waals surface area contributed by atoms with Crippen molar-refractivity contribution in [3.8, 4) is 0 Å². The van der Waals surface area contributed by atoms with Gasteiger partial charge in [0, 0.05) is 23.4 Å². The highest BCUT2D eigenvalue weighted by atomic mass is 16.6. The van der Waals surface area contributed by atoms with E-state index in [4.69, 9.17) is 4.74 Å². The van der Waals surface area contributed by atoms with Gasteiger partial charge in [-0.15, -0.1) is 0 Å². The number of rotatable bonds is 9. The second-order valence-electron chi connectivity index (χ2n) is 7.44. The molecule has 0 heterocycles. The van der Waals surface area contributed by atoms with Crippen LogP contribution in [0.5, 0.6) is 0 Å². The highest BCUT2D eigenvalue weighted by Gasteiger charge is 2.24. The predicted molar refractivity (Wildman–Crippen MR) is 125 cm³/mol. The molecule has 0 spiro atoms. The fourth-order valence-electron chi connectivity index (χ4n) is 3.18. The Hall–Kier alpha value is -4.53. The second-order valence-corrected chi connectivity index (χ2v) is 7.44. The van der Waals surface area contributed by atoms with Crippen molar-refractivity contribution in [2.75, 3.05) is 5.32 Å². The number of amides is 2. The minimum atomic E-state index is -1.16. The fraction of sp³-hybridized carbons (Fsp3) is 0.160. The molecule has 0 aliphatic rings. The van der Waals surface area contributed by atoms with E-state index < -0.39 is 28.9 Å². The number of carbonyl (C=O) groups is 3. The molecule has 34 heavy (non-hydrogen) atoms. The number of non-ortho nitro benzene ring substituents is 1. The average Bonchev–Trinajstić information content (AvgIpc) is 2.84. The molecule has 2 amide bonds. The van der Waals surface area contributed by atoms with Crippen LogP contribution in [0.3, 0.4) is 0 Å². The van der Waals surface area contributed by atoms with E-state index >= 15 is 0 Å². The summed E-state index contributed by atoms with van der Waals surface area (Å²) in [6.45, 7) is 1.39. The maximum atomic E-state index is 12.6. The van der Waals surface area contributed by atoms with E-state index in [0.29, 0.717) is 11.1 Å². The first kappa shape index (κ1) is 24.1. The zero-order valence-corrected chi connectivity index (χ0v) is 18.3. The van der Waals surface area contributed by atoms with E-state index in [1.807, 2.05) is 6.07 Å². The lowest BCUT2D eigenvalue weighted by Gasteiger charge is -2.20. The summed E-state index contributed by atoms with van der Waals surface area (Å²) in [6, 6.07) is 22.3. The monoisotopic (exact) mass is 461 g/mol. The van der Waals surface area contributed by atoms with Crippen LogP contribution in [0.15, 0.2) is 84.9 Å². The topological polar surface area (TPSA) is 128 Å². The van der Waals surface area contributed by atoms with Gasteiger partial charge in [-0.1, -0.05) is 54.6 Å². The number of nitro groups is 1. The standard InChI is InChI=1S/C25H23N3O6/c1-17(24(30)26-20-13-8-14-21(15-20)28(32)33)34-23(29)16-22(18-9-4-2-5-10-18)27-25(31)19-11-6-3-7-12-19/h2-15,17,22H,16H2,1H3,(H,26,30)(H,27,31). The van der Waals surface area contributed by atoms with Crippen LogP contribution in [0.2, 0.25) is 0 Å². The Balaban J connectivity index is 1.64. The first-order valence-corrected chi connectivity index (χ1v) is 10.5. The molecule has 0 aliphatic carbocycles. The maximum absolute atomic E-state index is 12.6. The summed E-state index contributed by atoms with van der Waals surface area (Å²) in [4.78, 5) is 48.0. The molecule has 0 saturated carbocycles. The Morgan fingerprint density at radius 1 is 0.941 bits per heavy atom. The van der Waals surface area contributed by atoms with E-state index in [9.17, 15) is 24.5 Å². The molecular formula is C25H23N3O6. The summed E-state index contributed by atoms with van der Waals surface area (Å²) in [5, 5.41) is 16.2. The molecule has 2 unspecified atom stereocenters. The van der Waals surface area contributed by atoms with E-state index in [1.54, 1.807) is 54.6 Å². The molecule has 9 heteroatoms. The molecular weight excluding hydrogens is 438 g/mol. The van der Waals surface area contributed by atoms with E-state index in [0.717, 1.165) is 0 Å². The van der Waals surface area contributed by atoms with Gasteiger partial charge in [0.2, 0.25) is 0 Å². The minimum Gasteiger partial charge on any atom is -0.452 e. The molecule has 0 aliphatic heterocycles.